The molecule has 134 valence electrons. The van der Waals surface area contributed by atoms with Crippen molar-refractivity contribution in [3.8, 4) is 0 Å². The molecule has 26 heavy (non-hydrogen) atoms. The lowest BCUT2D eigenvalue weighted by Gasteiger charge is -2.18. The molecule has 1 heterocycles. The van der Waals surface area contributed by atoms with E-state index >= 15 is 0 Å². The number of anilines is 2. The standard InChI is InChI=1S/C20H21N3O3/c1-12-3-5-14(6-4-12)13(2)21-19(25)20(26)22-16-8-9-17-15(11-16)7-10-18(24)23-17/h3-6,8-9,11,13H,7,10H2,1-2H3,(H,21,25)(H,22,26)(H,23,24). The van der Waals surface area contributed by atoms with E-state index in [1.54, 1.807) is 18.2 Å². The number of nitrogens with one attached hydrogen (secondary N) is 3. The van der Waals surface area contributed by atoms with Gasteiger partial charge in [0.1, 0.15) is 0 Å². The third-order valence-corrected chi connectivity index (χ3v) is 4.39. The van der Waals surface area contributed by atoms with E-state index in [1.165, 1.54) is 0 Å². The summed E-state index contributed by atoms with van der Waals surface area (Å²) in [5.74, 6) is -1.42. The Bertz CT molecular complexity index is 859. The molecule has 0 fully saturated rings. The van der Waals surface area contributed by atoms with E-state index in [0.717, 1.165) is 22.4 Å². The van der Waals surface area contributed by atoms with Gasteiger partial charge in [-0.1, -0.05) is 29.8 Å². The lowest BCUT2D eigenvalue weighted by Crippen LogP contribution is -2.37. The van der Waals surface area contributed by atoms with Crippen LogP contribution in [-0.2, 0) is 20.8 Å². The van der Waals surface area contributed by atoms with Gasteiger partial charge in [-0.25, -0.2) is 0 Å². The number of hydrogen-bond donors (Lipinski definition) is 3. The minimum atomic E-state index is -0.719. The third kappa shape index (κ3) is 4.08. The molecular weight excluding hydrogens is 330 g/mol. The number of rotatable bonds is 3. The van der Waals surface area contributed by atoms with Crippen molar-refractivity contribution in [1.29, 1.82) is 0 Å². The zero-order chi connectivity index (χ0) is 18.7. The smallest absolute Gasteiger partial charge is 0.313 e. The SMILES string of the molecule is Cc1ccc(C(C)NC(=O)C(=O)Nc2ccc3c(c2)CCC(=O)N3)cc1. The number of carbonyl (C=O) groups excluding carboxylic acids is 3. The molecule has 3 N–H and O–H groups in total. The summed E-state index contributed by atoms with van der Waals surface area (Å²) in [6.45, 7) is 3.82. The second-order valence-corrected chi connectivity index (χ2v) is 6.48. The van der Waals surface area contributed by atoms with E-state index in [2.05, 4.69) is 16.0 Å². The fraction of sp³-hybridized carbons (Fsp3) is 0.250. The van der Waals surface area contributed by atoms with Gasteiger partial charge in [-0.3, -0.25) is 14.4 Å². The number of carbonyl (C=O) groups is 3. The maximum Gasteiger partial charge on any atom is 0.313 e. The number of hydrogen-bond acceptors (Lipinski definition) is 3. The molecule has 3 amide bonds. The van der Waals surface area contributed by atoms with Gasteiger partial charge in [0, 0.05) is 17.8 Å². The summed E-state index contributed by atoms with van der Waals surface area (Å²) >= 11 is 0. The van der Waals surface area contributed by atoms with Crippen LogP contribution in [0.25, 0.3) is 0 Å². The Balaban J connectivity index is 1.61. The topological polar surface area (TPSA) is 87.3 Å². The van der Waals surface area contributed by atoms with Gasteiger partial charge in [-0.15, -0.1) is 0 Å². The van der Waals surface area contributed by atoms with Gasteiger partial charge in [-0.05, 0) is 49.6 Å². The number of amides is 3. The average Bonchev–Trinajstić information content (AvgIpc) is 2.62. The zero-order valence-electron chi connectivity index (χ0n) is 14.8. The van der Waals surface area contributed by atoms with Crippen LogP contribution in [0.5, 0.6) is 0 Å². The van der Waals surface area contributed by atoms with Crippen molar-refractivity contribution < 1.29 is 14.4 Å². The molecule has 2 aromatic carbocycles. The van der Waals surface area contributed by atoms with Crippen LogP contribution in [0.2, 0.25) is 0 Å². The highest BCUT2D eigenvalue weighted by Crippen LogP contribution is 2.25. The lowest BCUT2D eigenvalue weighted by atomic mass is 10.0. The molecule has 0 saturated heterocycles. The highest BCUT2D eigenvalue weighted by Gasteiger charge is 2.19. The highest BCUT2D eigenvalue weighted by atomic mass is 16.2. The molecule has 0 bridgehead atoms. The van der Waals surface area contributed by atoms with Crippen LogP contribution in [0.15, 0.2) is 42.5 Å². The van der Waals surface area contributed by atoms with E-state index in [1.807, 2.05) is 38.1 Å². The molecule has 0 aromatic heterocycles. The van der Waals surface area contributed by atoms with E-state index in [-0.39, 0.29) is 11.9 Å². The van der Waals surface area contributed by atoms with Crippen LogP contribution < -0.4 is 16.0 Å². The van der Waals surface area contributed by atoms with Crippen LogP contribution in [0.1, 0.15) is 36.1 Å². The lowest BCUT2D eigenvalue weighted by molar-refractivity contribution is -0.136. The van der Waals surface area contributed by atoms with Crippen molar-refractivity contribution in [2.75, 3.05) is 10.6 Å². The summed E-state index contributed by atoms with van der Waals surface area (Å²) in [5, 5.41) is 8.08. The van der Waals surface area contributed by atoms with Crippen LogP contribution >= 0.6 is 0 Å². The Kier molecular flexibility index (Phi) is 5.02. The van der Waals surface area contributed by atoms with Crippen LogP contribution in [0.4, 0.5) is 11.4 Å². The summed E-state index contributed by atoms with van der Waals surface area (Å²) < 4.78 is 0. The predicted octanol–water partition coefficient (Wildman–Crippen LogP) is 2.70. The molecule has 0 aliphatic carbocycles. The third-order valence-electron chi connectivity index (χ3n) is 4.39. The molecule has 1 unspecified atom stereocenters. The number of benzene rings is 2. The summed E-state index contributed by atoms with van der Waals surface area (Å²) in [4.78, 5) is 35.7. The summed E-state index contributed by atoms with van der Waals surface area (Å²) in [6.07, 6.45) is 1.03. The molecule has 6 nitrogen and oxygen atoms in total. The average molecular weight is 351 g/mol. The van der Waals surface area contributed by atoms with Crippen LogP contribution in [-0.4, -0.2) is 17.7 Å². The molecule has 0 saturated carbocycles. The van der Waals surface area contributed by atoms with Crippen LogP contribution in [0.3, 0.4) is 0 Å². The second-order valence-electron chi connectivity index (χ2n) is 6.48. The first kappa shape index (κ1) is 17.7. The Morgan fingerprint density at radius 3 is 2.50 bits per heavy atom. The van der Waals surface area contributed by atoms with Gasteiger partial charge >= 0.3 is 11.8 Å². The molecule has 0 radical (unpaired) electrons. The second kappa shape index (κ2) is 7.39. The van der Waals surface area contributed by atoms with Crippen molar-refractivity contribution in [2.24, 2.45) is 0 Å². The maximum absolute atomic E-state index is 12.2. The van der Waals surface area contributed by atoms with E-state index in [4.69, 9.17) is 0 Å². The fourth-order valence-electron chi connectivity index (χ4n) is 2.85. The van der Waals surface area contributed by atoms with E-state index in [0.29, 0.717) is 18.5 Å². The van der Waals surface area contributed by atoms with Crippen LogP contribution in [0, 0.1) is 6.92 Å². The highest BCUT2D eigenvalue weighted by molar-refractivity contribution is 6.39. The summed E-state index contributed by atoms with van der Waals surface area (Å²) in [7, 11) is 0. The molecule has 1 atom stereocenters. The normalized spacial score (nSPS) is 14.0. The van der Waals surface area contributed by atoms with E-state index in [9.17, 15) is 14.4 Å². The quantitative estimate of drug-likeness (QED) is 0.743. The summed E-state index contributed by atoms with van der Waals surface area (Å²) in [6, 6.07) is 12.7. The summed E-state index contributed by atoms with van der Waals surface area (Å²) in [5.41, 5.74) is 4.28. The zero-order valence-corrected chi connectivity index (χ0v) is 14.8. The molecule has 2 aromatic rings. The maximum atomic E-state index is 12.2. The molecule has 3 rings (SSSR count). The Labute approximate surface area is 152 Å². The van der Waals surface area contributed by atoms with Gasteiger partial charge in [0.15, 0.2) is 0 Å². The van der Waals surface area contributed by atoms with Crippen molar-refractivity contribution in [2.45, 2.75) is 32.7 Å². The molecule has 1 aliphatic heterocycles. The van der Waals surface area contributed by atoms with E-state index < -0.39 is 11.8 Å². The first-order chi connectivity index (χ1) is 12.4. The molecule has 6 heteroatoms. The first-order valence-corrected chi connectivity index (χ1v) is 8.53. The molecule has 1 aliphatic rings. The first-order valence-electron chi connectivity index (χ1n) is 8.53. The van der Waals surface area contributed by atoms with Gasteiger partial charge in [0.2, 0.25) is 5.91 Å². The van der Waals surface area contributed by atoms with Crippen molar-refractivity contribution >= 4 is 29.1 Å². The number of fused-ring (bicyclic) bond motifs is 1. The Morgan fingerprint density at radius 1 is 1.04 bits per heavy atom. The fourth-order valence-corrected chi connectivity index (χ4v) is 2.85. The molecule has 0 spiro atoms. The molecular formula is C20H21N3O3. The Hall–Kier alpha value is -3.15. The minimum Gasteiger partial charge on any atom is -0.341 e. The largest absolute Gasteiger partial charge is 0.341 e. The Morgan fingerprint density at radius 2 is 1.77 bits per heavy atom. The van der Waals surface area contributed by atoms with Gasteiger partial charge in [-0.2, -0.15) is 0 Å². The van der Waals surface area contributed by atoms with Crippen molar-refractivity contribution in [3.05, 3.63) is 59.2 Å². The predicted molar refractivity (Wildman–Crippen MR) is 99.8 cm³/mol. The van der Waals surface area contributed by atoms with Crippen molar-refractivity contribution in [3.63, 3.8) is 0 Å². The van der Waals surface area contributed by atoms with Gasteiger partial charge in [0.25, 0.3) is 0 Å². The minimum absolute atomic E-state index is 0.0150. The monoisotopic (exact) mass is 351 g/mol. The number of aryl methyl sites for hydroxylation is 2. The van der Waals surface area contributed by atoms with Crippen molar-refractivity contribution in [1.82, 2.24) is 5.32 Å². The van der Waals surface area contributed by atoms with Gasteiger partial charge in [0.05, 0.1) is 6.04 Å². The van der Waals surface area contributed by atoms with Gasteiger partial charge < -0.3 is 16.0 Å².